The average Bonchev–Trinajstić information content (AvgIpc) is 3.40. The first-order valence-electron chi connectivity index (χ1n) is 11.0. The van der Waals surface area contributed by atoms with Gasteiger partial charge in [0, 0.05) is 24.2 Å². The van der Waals surface area contributed by atoms with E-state index in [9.17, 15) is 9.59 Å². The molecule has 1 amide bonds. The Labute approximate surface area is 182 Å². The zero-order valence-corrected chi connectivity index (χ0v) is 17.7. The Morgan fingerprint density at radius 2 is 1.77 bits per heavy atom. The molecule has 2 fully saturated rings. The van der Waals surface area contributed by atoms with E-state index in [1.807, 2.05) is 43.5 Å². The van der Waals surface area contributed by atoms with E-state index in [2.05, 4.69) is 5.10 Å². The van der Waals surface area contributed by atoms with Gasteiger partial charge in [-0.1, -0.05) is 30.3 Å². The van der Waals surface area contributed by atoms with Crippen LogP contribution in [0.5, 0.6) is 0 Å². The third-order valence-corrected chi connectivity index (χ3v) is 6.39. The molecule has 0 aromatic heterocycles. The first-order valence-corrected chi connectivity index (χ1v) is 11.0. The largest absolute Gasteiger partial charge is 0.478 e. The second-order valence-corrected chi connectivity index (χ2v) is 8.22. The molecule has 4 unspecified atom stereocenters. The Balaban J connectivity index is 1.42. The summed E-state index contributed by atoms with van der Waals surface area (Å²) in [5.41, 5.74) is 2.06. The number of nitrogens with zero attached hydrogens (tertiary/aromatic N) is 2. The maximum atomic E-state index is 12.7. The van der Waals surface area contributed by atoms with Gasteiger partial charge >= 0.3 is 5.97 Å². The lowest BCUT2D eigenvalue weighted by Gasteiger charge is -2.26. The van der Waals surface area contributed by atoms with Crippen molar-refractivity contribution in [3.05, 3.63) is 71.3 Å². The van der Waals surface area contributed by atoms with Crippen LogP contribution in [-0.2, 0) is 11.2 Å². The number of hydrogen-bond acceptors (Lipinski definition) is 4. The summed E-state index contributed by atoms with van der Waals surface area (Å²) in [6.07, 6.45) is 6.23. The van der Waals surface area contributed by atoms with Crippen LogP contribution in [0.2, 0.25) is 0 Å². The van der Waals surface area contributed by atoms with Gasteiger partial charge in [-0.25, -0.2) is 9.80 Å². The van der Waals surface area contributed by atoms with E-state index in [-0.39, 0.29) is 24.0 Å². The van der Waals surface area contributed by atoms with E-state index >= 15 is 0 Å². The van der Waals surface area contributed by atoms with Crippen LogP contribution >= 0.6 is 0 Å². The number of hydrazone groups is 1. The van der Waals surface area contributed by atoms with Crippen molar-refractivity contribution in [1.29, 1.82) is 0 Å². The van der Waals surface area contributed by atoms with Crippen LogP contribution < -0.4 is 0 Å². The van der Waals surface area contributed by atoms with Crippen LogP contribution in [0.4, 0.5) is 0 Å². The highest BCUT2D eigenvalue weighted by Gasteiger charge is 2.47. The lowest BCUT2D eigenvalue weighted by Crippen LogP contribution is -2.31. The van der Waals surface area contributed by atoms with E-state index in [1.165, 1.54) is 5.01 Å². The normalized spacial score (nSPS) is 24.5. The first-order chi connectivity index (χ1) is 15.1. The van der Waals surface area contributed by atoms with Gasteiger partial charge < -0.3 is 9.84 Å². The zero-order chi connectivity index (χ0) is 21.8. The highest BCUT2D eigenvalue weighted by molar-refractivity contribution is 5.94. The van der Waals surface area contributed by atoms with Crippen LogP contribution in [0, 0.1) is 11.8 Å². The van der Waals surface area contributed by atoms with E-state index in [1.54, 1.807) is 24.3 Å². The second-order valence-electron chi connectivity index (χ2n) is 8.22. The van der Waals surface area contributed by atoms with Gasteiger partial charge in [0.2, 0.25) is 0 Å². The van der Waals surface area contributed by atoms with Crippen LogP contribution in [0.3, 0.4) is 0 Å². The van der Waals surface area contributed by atoms with Gasteiger partial charge in [-0.05, 0) is 68.4 Å². The molecule has 6 nitrogen and oxygen atoms in total. The van der Waals surface area contributed by atoms with Gasteiger partial charge in [0.05, 0.1) is 17.8 Å². The number of fused-ring (bicyclic) bond motifs is 2. The van der Waals surface area contributed by atoms with Crippen LogP contribution in [-0.4, -0.2) is 47.0 Å². The minimum absolute atomic E-state index is 0.0986. The summed E-state index contributed by atoms with van der Waals surface area (Å²) in [6, 6.07) is 16.3. The number of carboxylic acid groups (broad SMARTS) is 1. The SMILES string of the molecule is CCN(N=CC1C2CCC(O2)C1CCc1ccc(C(=O)O)cc1)C(=O)c1ccccc1. The van der Waals surface area contributed by atoms with Gasteiger partial charge in [-0.2, -0.15) is 5.10 Å². The molecule has 6 heteroatoms. The highest BCUT2D eigenvalue weighted by Crippen LogP contribution is 2.44. The summed E-state index contributed by atoms with van der Waals surface area (Å²) < 4.78 is 6.18. The number of benzene rings is 2. The standard InChI is InChI=1S/C25H28N2O4/c1-2-27(24(28)18-6-4-3-5-7-18)26-16-21-20(22-14-15-23(21)31-22)13-10-17-8-11-19(12-9-17)25(29)30/h3-9,11-12,16,20-23H,2,10,13-15H2,1H3,(H,29,30). The Bertz CT molecular complexity index is 942. The van der Waals surface area contributed by atoms with Crippen molar-refractivity contribution in [2.75, 3.05) is 6.54 Å². The van der Waals surface area contributed by atoms with Gasteiger partial charge in [0.15, 0.2) is 0 Å². The molecule has 2 aromatic rings. The molecule has 31 heavy (non-hydrogen) atoms. The number of aromatic carboxylic acids is 1. The monoisotopic (exact) mass is 420 g/mol. The molecule has 2 bridgehead atoms. The van der Waals surface area contributed by atoms with E-state index in [0.717, 1.165) is 31.2 Å². The van der Waals surface area contributed by atoms with Gasteiger partial charge in [-0.3, -0.25) is 4.79 Å². The minimum Gasteiger partial charge on any atom is -0.478 e. The van der Waals surface area contributed by atoms with Gasteiger partial charge in [-0.15, -0.1) is 0 Å². The number of rotatable bonds is 8. The molecule has 2 saturated heterocycles. The zero-order valence-electron chi connectivity index (χ0n) is 17.7. The van der Waals surface area contributed by atoms with Crippen molar-refractivity contribution in [3.63, 3.8) is 0 Å². The summed E-state index contributed by atoms with van der Waals surface area (Å²) >= 11 is 0. The van der Waals surface area contributed by atoms with Crippen molar-refractivity contribution in [2.24, 2.45) is 16.9 Å². The van der Waals surface area contributed by atoms with Crippen molar-refractivity contribution >= 4 is 18.1 Å². The molecule has 0 saturated carbocycles. The fourth-order valence-electron chi connectivity index (χ4n) is 4.71. The van der Waals surface area contributed by atoms with Gasteiger partial charge in [0.1, 0.15) is 0 Å². The average molecular weight is 421 g/mol. The van der Waals surface area contributed by atoms with Crippen molar-refractivity contribution in [3.8, 4) is 0 Å². The molecule has 4 atom stereocenters. The van der Waals surface area contributed by atoms with Crippen molar-refractivity contribution in [1.82, 2.24) is 5.01 Å². The number of carbonyl (C=O) groups is 2. The first kappa shape index (κ1) is 21.2. The molecule has 0 aliphatic carbocycles. The lowest BCUT2D eigenvalue weighted by molar-refractivity contribution is 0.0696. The maximum Gasteiger partial charge on any atom is 0.335 e. The van der Waals surface area contributed by atoms with Crippen molar-refractivity contribution in [2.45, 2.75) is 44.8 Å². The lowest BCUT2D eigenvalue weighted by atomic mass is 9.77. The predicted octanol–water partition coefficient (Wildman–Crippen LogP) is 4.26. The third-order valence-electron chi connectivity index (χ3n) is 6.39. The topological polar surface area (TPSA) is 79.2 Å². The number of ether oxygens (including phenoxy) is 1. The molecule has 1 N–H and O–H groups in total. The Morgan fingerprint density at radius 3 is 2.45 bits per heavy atom. The molecule has 2 aliphatic rings. The molecular weight excluding hydrogens is 392 g/mol. The van der Waals surface area contributed by atoms with E-state index in [0.29, 0.717) is 23.6 Å². The number of carbonyl (C=O) groups excluding carboxylic acids is 1. The predicted molar refractivity (Wildman–Crippen MR) is 118 cm³/mol. The number of carboxylic acids is 1. The molecule has 0 spiro atoms. The van der Waals surface area contributed by atoms with Crippen molar-refractivity contribution < 1.29 is 19.4 Å². The molecule has 162 valence electrons. The number of hydrogen-bond donors (Lipinski definition) is 1. The minimum atomic E-state index is -0.908. The molecule has 0 radical (unpaired) electrons. The van der Waals surface area contributed by atoms with Crippen LogP contribution in [0.25, 0.3) is 0 Å². The second kappa shape index (κ2) is 9.43. The molecular formula is C25H28N2O4. The molecule has 2 aromatic carbocycles. The maximum absolute atomic E-state index is 12.7. The number of aryl methyl sites for hydroxylation is 1. The molecule has 4 rings (SSSR count). The summed E-state index contributed by atoms with van der Waals surface area (Å²) in [5, 5.41) is 15.1. The highest BCUT2D eigenvalue weighted by atomic mass is 16.5. The quantitative estimate of drug-likeness (QED) is 0.511. The molecule has 2 heterocycles. The smallest absolute Gasteiger partial charge is 0.335 e. The number of amides is 1. The fraction of sp³-hybridized carbons (Fsp3) is 0.400. The summed E-state index contributed by atoms with van der Waals surface area (Å²) in [5.74, 6) is -0.463. The molecule has 2 aliphatic heterocycles. The van der Waals surface area contributed by atoms with E-state index in [4.69, 9.17) is 9.84 Å². The fourth-order valence-corrected chi connectivity index (χ4v) is 4.71. The summed E-state index contributed by atoms with van der Waals surface area (Å²) in [6.45, 7) is 2.43. The Kier molecular flexibility index (Phi) is 6.47. The Morgan fingerprint density at radius 1 is 1.06 bits per heavy atom. The van der Waals surface area contributed by atoms with Gasteiger partial charge in [0.25, 0.3) is 5.91 Å². The Hall–Kier alpha value is -2.99. The third kappa shape index (κ3) is 4.69. The summed E-state index contributed by atoms with van der Waals surface area (Å²) in [7, 11) is 0. The van der Waals surface area contributed by atoms with E-state index < -0.39 is 5.97 Å². The van der Waals surface area contributed by atoms with Crippen LogP contribution in [0.15, 0.2) is 59.7 Å². The summed E-state index contributed by atoms with van der Waals surface area (Å²) in [4.78, 5) is 23.8. The van der Waals surface area contributed by atoms with Crippen LogP contribution in [0.1, 0.15) is 52.5 Å².